The Morgan fingerprint density at radius 3 is 1.72 bits per heavy atom. The molecule has 9 heteroatoms. The number of amides is 1. The highest BCUT2D eigenvalue weighted by Crippen LogP contribution is 2.30. The Morgan fingerprint density at radius 1 is 0.812 bits per heavy atom. The van der Waals surface area contributed by atoms with Crippen LogP contribution < -0.4 is 0 Å². The first-order chi connectivity index (χ1) is 15.3. The number of nitrogens with zero attached hydrogens (tertiary/aromatic N) is 1. The van der Waals surface area contributed by atoms with Crippen molar-refractivity contribution in [3.05, 3.63) is 71.8 Å². The Morgan fingerprint density at radius 2 is 1.28 bits per heavy atom. The summed E-state index contributed by atoms with van der Waals surface area (Å²) in [5, 5.41) is 0. The number of carbonyl (C=O) groups is 3. The fraction of sp³-hybridized carbons (Fsp3) is 0.348. The first-order valence-electron chi connectivity index (χ1n) is 10.0. The van der Waals surface area contributed by atoms with Crippen LogP contribution in [0.3, 0.4) is 0 Å². The minimum Gasteiger partial charge on any atom is -0.461 e. The van der Waals surface area contributed by atoms with E-state index in [1.54, 1.807) is 30.3 Å². The molecular weight excluding hydrogens is 427 g/mol. The lowest BCUT2D eigenvalue weighted by atomic mass is 10.2. The summed E-state index contributed by atoms with van der Waals surface area (Å²) in [4.78, 5) is 33.8. The van der Waals surface area contributed by atoms with Gasteiger partial charge in [0.25, 0.3) is 0 Å². The van der Waals surface area contributed by atoms with E-state index in [9.17, 15) is 27.6 Å². The van der Waals surface area contributed by atoms with Gasteiger partial charge in [-0.05, 0) is 24.0 Å². The fourth-order valence-corrected chi connectivity index (χ4v) is 2.72. The molecule has 6 nitrogen and oxygen atoms in total. The van der Waals surface area contributed by atoms with Crippen LogP contribution in [0.25, 0.3) is 0 Å². The number of benzene rings is 2. The smallest absolute Gasteiger partial charge is 0.461 e. The quantitative estimate of drug-likeness (QED) is 0.497. The van der Waals surface area contributed by atoms with Crippen molar-refractivity contribution in [1.29, 1.82) is 0 Å². The molecule has 1 atom stereocenters. The van der Waals surface area contributed by atoms with Crippen LogP contribution >= 0.6 is 0 Å². The maximum Gasteiger partial charge on any atom is 0.471 e. The minimum atomic E-state index is -4.95. The predicted octanol–water partition coefficient (Wildman–Crippen LogP) is 3.64. The van der Waals surface area contributed by atoms with Crippen molar-refractivity contribution in [2.45, 2.75) is 38.3 Å². The lowest BCUT2D eigenvalue weighted by molar-refractivity contribution is -0.180. The molecule has 2 fully saturated rings. The molecule has 0 unspecified atom stereocenters. The van der Waals surface area contributed by atoms with Gasteiger partial charge in [-0.1, -0.05) is 60.7 Å². The van der Waals surface area contributed by atoms with Crippen molar-refractivity contribution in [2.24, 2.45) is 5.92 Å². The standard InChI is InChI=1S/C12H10F3NO3.C11H12O2/c13-12(14,15)11(18)16-6-9(16)10(17)19-7-8-4-2-1-3-5-8;12-11(10-6-7-10)13-8-9-4-2-1-3-5-9/h1-5,9H,6-7H2;1-5,10H,6-8H2/t9-,16?;/m1./s1. The average molecular weight is 449 g/mol. The number of hydrogen-bond acceptors (Lipinski definition) is 5. The third-order valence-electron chi connectivity index (χ3n) is 4.75. The number of hydrogen-bond donors (Lipinski definition) is 0. The molecule has 1 aliphatic carbocycles. The zero-order valence-corrected chi connectivity index (χ0v) is 17.1. The van der Waals surface area contributed by atoms with Gasteiger partial charge in [0.2, 0.25) is 0 Å². The topological polar surface area (TPSA) is 72.7 Å². The highest BCUT2D eigenvalue weighted by Gasteiger charge is 2.54. The SMILES string of the molecule is O=C(OCc1ccccc1)C1CC1.O=C(OCc1ccccc1)[C@H]1CN1C(=O)C(F)(F)F. The molecule has 0 N–H and O–H groups in total. The molecule has 1 heterocycles. The summed E-state index contributed by atoms with van der Waals surface area (Å²) in [5.74, 6) is -2.66. The maximum atomic E-state index is 12.1. The van der Waals surface area contributed by atoms with Gasteiger partial charge in [0.05, 0.1) is 12.5 Å². The van der Waals surface area contributed by atoms with Gasteiger partial charge in [-0.2, -0.15) is 13.2 Å². The van der Waals surface area contributed by atoms with Crippen molar-refractivity contribution in [2.75, 3.05) is 6.54 Å². The third kappa shape index (κ3) is 7.11. The van der Waals surface area contributed by atoms with E-state index in [0.717, 1.165) is 24.0 Å². The van der Waals surface area contributed by atoms with E-state index in [-0.39, 0.29) is 25.0 Å². The number of carbonyl (C=O) groups excluding carboxylic acids is 3. The van der Waals surface area contributed by atoms with Crippen LogP contribution in [0, 0.1) is 5.92 Å². The van der Waals surface area contributed by atoms with Gasteiger partial charge >= 0.3 is 24.0 Å². The molecule has 1 aliphatic heterocycles. The van der Waals surface area contributed by atoms with Crippen LogP contribution in [-0.2, 0) is 37.1 Å². The normalized spacial score (nSPS) is 17.0. The maximum absolute atomic E-state index is 12.1. The molecule has 2 aromatic carbocycles. The highest BCUT2D eigenvalue weighted by molar-refractivity contribution is 5.92. The molecule has 170 valence electrons. The number of esters is 2. The van der Waals surface area contributed by atoms with Crippen LogP contribution in [-0.4, -0.2) is 41.5 Å². The van der Waals surface area contributed by atoms with E-state index in [2.05, 4.69) is 0 Å². The number of ether oxygens (including phenoxy) is 2. The summed E-state index contributed by atoms with van der Waals surface area (Å²) in [6, 6.07) is 17.4. The number of halogens is 3. The second kappa shape index (κ2) is 10.3. The Labute approximate surface area is 182 Å². The molecule has 2 aliphatic rings. The number of alkyl halides is 3. The van der Waals surface area contributed by atoms with Crippen molar-refractivity contribution in [1.82, 2.24) is 4.90 Å². The summed E-state index contributed by atoms with van der Waals surface area (Å²) in [6.07, 6.45) is -2.93. The molecule has 0 spiro atoms. The summed E-state index contributed by atoms with van der Waals surface area (Å²) >= 11 is 0. The molecule has 1 saturated carbocycles. The first-order valence-corrected chi connectivity index (χ1v) is 10.0. The van der Waals surface area contributed by atoms with Crippen molar-refractivity contribution >= 4 is 17.8 Å². The van der Waals surface area contributed by atoms with Gasteiger partial charge < -0.3 is 14.4 Å². The van der Waals surface area contributed by atoms with Crippen LogP contribution in [0.2, 0.25) is 0 Å². The monoisotopic (exact) mass is 449 g/mol. The van der Waals surface area contributed by atoms with E-state index in [1.165, 1.54) is 0 Å². The molecule has 2 aromatic rings. The molecule has 4 rings (SSSR count). The van der Waals surface area contributed by atoms with Crippen molar-refractivity contribution < 1.29 is 37.0 Å². The van der Waals surface area contributed by atoms with Gasteiger partial charge in [0.15, 0.2) is 0 Å². The average Bonchev–Trinajstić information content (AvgIpc) is 3.70. The zero-order chi connectivity index (χ0) is 23.1. The summed E-state index contributed by atoms with van der Waals surface area (Å²) in [6.45, 7) is 0.145. The van der Waals surface area contributed by atoms with E-state index >= 15 is 0 Å². The second-order valence-corrected chi connectivity index (χ2v) is 7.43. The van der Waals surface area contributed by atoms with E-state index in [4.69, 9.17) is 9.47 Å². The fourth-order valence-electron chi connectivity index (χ4n) is 2.72. The molecule has 0 radical (unpaired) electrons. The van der Waals surface area contributed by atoms with Gasteiger partial charge in [-0.25, -0.2) is 4.79 Å². The lowest BCUT2D eigenvalue weighted by Gasteiger charge is -2.07. The largest absolute Gasteiger partial charge is 0.471 e. The second-order valence-electron chi connectivity index (χ2n) is 7.43. The van der Waals surface area contributed by atoms with Crippen LogP contribution in [0.15, 0.2) is 60.7 Å². The van der Waals surface area contributed by atoms with Gasteiger partial charge in [-0.3, -0.25) is 9.59 Å². The van der Waals surface area contributed by atoms with Crippen LogP contribution in [0.1, 0.15) is 24.0 Å². The first kappa shape index (κ1) is 23.3. The van der Waals surface area contributed by atoms with E-state index < -0.39 is 24.1 Å². The molecule has 1 amide bonds. The van der Waals surface area contributed by atoms with E-state index in [1.807, 2.05) is 30.3 Å². The Hall–Kier alpha value is -3.36. The van der Waals surface area contributed by atoms with Gasteiger partial charge in [0, 0.05) is 0 Å². The van der Waals surface area contributed by atoms with Crippen molar-refractivity contribution in [3.63, 3.8) is 0 Å². The zero-order valence-electron chi connectivity index (χ0n) is 17.1. The van der Waals surface area contributed by atoms with Crippen molar-refractivity contribution in [3.8, 4) is 0 Å². The van der Waals surface area contributed by atoms with E-state index in [0.29, 0.717) is 11.5 Å². The summed E-state index contributed by atoms with van der Waals surface area (Å²) in [5.41, 5.74) is 1.78. The Balaban J connectivity index is 0.000000193. The molecule has 32 heavy (non-hydrogen) atoms. The van der Waals surface area contributed by atoms with Gasteiger partial charge in [-0.15, -0.1) is 0 Å². The lowest BCUT2D eigenvalue weighted by Crippen LogP contribution is -2.32. The van der Waals surface area contributed by atoms with Gasteiger partial charge in [0.1, 0.15) is 19.3 Å². The molecule has 1 saturated heterocycles. The molecule has 0 aromatic heterocycles. The molecule has 0 bridgehead atoms. The van der Waals surface area contributed by atoms with Crippen LogP contribution in [0.5, 0.6) is 0 Å². The highest BCUT2D eigenvalue weighted by atomic mass is 19.4. The summed E-state index contributed by atoms with van der Waals surface area (Å²) in [7, 11) is 0. The number of rotatable bonds is 6. The Kier molecular flexibility index (Phi) is 7.50. The predicted molar refractivity (Wildman–Crippen MR) is 107 cm³/mol. The molecular formula is C23H22F3NO5. The summed E-state index contributed by atoms with van der Waals surface area (Å²) < 4.78 is 46.2. The minimum absolute atomic E-state index is 0.0236. The Bertz CT molecular complexity index is 930. The van der Waals surface area contributed by atoms with Crippen LogP contribution in [0.4, 0.5) is 13.2 Å². The third-order valence-corrected chi connectivity index (χ3v) is 4.75.